The minimum absolute atomic E-state index is 0.0452. The minimum Gasteiger partial charge on any atom is -0.481 e. The standard InChI is InChI=1S/C14H14BrFN2O2S/c1-2-7-3-11(7)18-12-4-8(15)9(16)5-10(12)17-14(18)21-6-13(19)20/h4-5,7,11H,2-3,6H2,1H3,(H,19,20). The summed E-state index contributed by atoms with van der Waals surface area (Å²) in [5, 5.41) is 9.51. The van der Waals surface area contributed by atoms with Crippen LogP contribution in [-0.2, 0) is 4.79 Å². The van der Waals surface area contributed by atoms with E-state index in [0.717, 1.165) is 18.4 Å². The number of carbonyl (C=O) groups is 1. The number of benzene rings is 1. The van der Waals surface area contributed by atoms with Crippen molar-refractivity contribution in [3.05, 3.63) is 22.4 Å². The Hall–Kier alpha value is -1.08. The Labute approximate surface area is 133 Å². The maximum absolute atomic E-state index is 13.7. The van der Waals surface area contributed by atoms with Gasteiger partial charge in [0.25, 0.3) is 0 Å². The van der Waals surface area contributed by atoms with Crippen molar-refractivity contribution < 1.29 is 14.3 Å². The lowest BCUT2D eigenvalue weighted by Crippen LogP contribution is -2.03. The van der Waals surface area contributed by atoms with Gasteiger partial charge in [-0.3, -0.25) is 4.79 Å². The van der Waals surface area contributed by atoms with E-state index >= 15 is 0 Å². The molecule has 0 radical (unpaired) electrons. The Morgan fingerprint density at radius 1 is 1.62 bits per heavy atom. The molecule has 3 rings (SSSR count). The Kier molecular flexibility index (Phi) is 3.96. The molecule has 7 heteroatoms. The number of carboxylic acid groups (broad SMARTS) is 1. The molecule has 0 saturated heterocycles. The third kappa shape index (κ3) is 2.81. The molecular formula is C14H14BrFN2O2S. The third-order valence-electron chi connectivity index (χ3n) is 3.77. The van der Waals surface area contributed by atoms with Gasteiger partial charge in [0.05, 0.1) is 21.3 Å². The number of rotatable bonds is 5. The van der Waals surface area contributed by atoms with Gasteiger partial charge in [-0.05, 0) is 34.3 Å². The zero-order valence-corrected chi connectivity index (χ0v) is 13.7. The van der Waals surface area contributed by atoms with Crippen molar-refractivity contribution in [1.29, 1.82) is 0 Å². The Bertz CT molecular complexity index is 719. The van der Waals surface area contributed by atoms with E-state index in [4.69, 9.17) is 5.11 Å². The van der Waals surface area contributed by atoms with Crippen molar-refractivity contribution in [2.24, 2.45) is 5.92 Å². The maximum Gasteiger partial charge on any atom is 0.313 e. The number of aliphatic carboxylic acids is 1. The number of aromatic nitrogens is 2. The van der Waals surface area contributed by atoms with Gasteiger partial charge in [-0.2, -0.15) is 0 Å². The van der Waals surface area contributed by atoms with Crippen LogP contribution in [0.3, 0.4) is 0 Å². The number of imidazole rings is 1. The second-order valence-electron chi connectivity index (χ2n) is 5.17. The van der Waals surface area contributed by atoms with Gasteiger partial charge < -0.3 is 9.67 Å². The summed E-state index contributed by atoms with van der Waals surface area (Å²) in [5.74, 6) is -0.690. The number of hydrogen-bond donors (Lipinski definition) is 1. The molecular weight excluding hydrogens is 359 g/mol. The Morgan fingerprint density at radius 3 is 3.00 bits per heavy atom. The van der Waals surface area contributed by atoms with Crippen LogP contribution in [0.15, 0.2) is 21.8 Å². The van der Waals surface area contributed by atoms with Gasteiger partial charge in [0.2, 0.25) is 0 Å². The highest BCUT2D eigenvalue weighted by molar-refractivity contribution is 9.10. The van der Waals surface area contributed by atoms with E-state index in [1.54, 1.807) is 6.07 Å². The highest BCUT2D eigenvalue weighted by Gasteiger charge is 2.39. The fourth-order valence-electron chi connectivity index (χ4n) is 2.60. The molecule has 1 aliphatic carbocycles. The highest BCUT2D eigenvalue weighted by atomic mass is 79.9. The van der Waals surface area contributed by atoms with Crippen LogP contribution in [0, 0.1) is 11.7 Å². The summed E-state index contributed by atoms with van der Waals surface area (Å²) >= 11 is 4.39. The summed E-state index contributed by atoms with van der Waals surface area (Å²) in [7, 11) is 0. The van der Waals surface area contributed by atoms with Crippen LogP contribution in [0.25, 0.3) is 11.0 Å². The second-order valence-corrected chi connectivity index (χ2v) is 6.97. The molecule has 1 heterocycles. The van der Waals surface area contributed by atoms with Gasteiger partial charge in [-0.15, -0.1) is 0 Å². The number of halogens is 2. The first-order valence-electron chi connectivity index (χ1n) is 6.72. The van der Waals surface area contributed by atoms with Crippen LogP contribution in [0.1, 0.15) is 25.8 Å². The number of nitrogens with zero attached hydrogens (tertiary/aromatic N) is 2. The summed E-state index contributed by atoms with van der Waals surface area (Å²) in [6.45, 7) is 2.14. The minimum atomic E-state index is -0.881. The summed E-state index contributed by atoms with van der Waals surface area (Å²) in [4.78, 5) is 15.2. The first-order valence-corrected chi connectivity index (χ1v) is 8.50. The lowest BCUT2D eigenvalue weighted by atomic mass is 10.3. The molecule has 1 aromatic heterocycles. The highest BCUT2D eigenvalue weighted by Crippen LogP contribution is 2.49. The van der Waals surface area contributed by atoms with Crippen molar-refractivity contribution in [2.45, 2.75) is 31.0 Å². The quantitative estimate of drug-likeness (QED) is 0.803. The number of fused-ring (bicyclic) bond motifs is 1. The smallest absolute Gasteiger partial charge is 0.313 e. The lowest BCUT2D eigenvalue weighted by molar-refractivity contribution is -0.133. The van der Waals surface area contributed by atoms with Gasteiger partial charge in [0.1, 0.15) is 5.82 Å². The van der Waals surface area contributed by atoms with E-state index in [1.165, 1.54) is 17.8 Å². The molecule has 1 fully saturated rings. The van der Waals surface area contributed by atoms with E-state index in [9.17, 15) is 9.18 Å². The molecule has 1 saturated carbocycles. The molecule has 0 bridgehead atoms. The van der Waals surface area contributed by atoms with E-state index in [0.29, 0.717) is 27.1 Å². The predicted octanol–water partition coefficient (Wildman–Crippen LogP) is 4.09. The Morgan fingerprint density at radius 2 is 2.38 bits per heavy atom. The molecule has 1 aromatic carbocycles. The van der Waals surface area contributed by atoms with Crippen LogP contribution in [-0.4, -0.2) is 26.4 Å². The van der Waals surface area contributed by atoms with E-state index in [1.807, 2.05) is 0 Å². The number of carboxylic acids is 1. The van der Waals surface area contributed by atoms with Crippen LogP contribution in [0.2, 0.25) is 0 Å². The SMILES string of the molecule is CCC1CC1n1c(SCC(=O)O)nc2cc(F)c(Br)cc21. The summed E-state index contributed by atoms with van der Waals surface area (Å²) < 4.78 is 16.1. The van der Waals surface area contributed by atoms with Gasteiger partial charge in [-0.25, -0.2) is 9.37 Å². The molecule has 0 aliphatic heterocycles. The average molecular weight is 373 g/mol. The van der Waals surface area contributed by atoms with Crippen LogP contribution in [0.5, 0.6) is 0 Å². The largest absolute Gasteiger partial charge is 0.481 e. The van der Waals surface area contributed by atoms with Crippen LogP contribution in [0.4, 0.5) is 4.39 Å². The fourth-order valence-corrected chi connectivity index (χ4v) is 3.72. The van der Waals surface area contributed by atoms with E-state index in [2.05, 4.69) is 32.4 Å². The molecule has 0 spiro atoms. The zero-order valence-electron chi connectivity index (χ0n) is 11.3. The van der Waals surface area contributed by atoms with E-state index in [-0.39, 0.29) is 11.6 Å². The maximum atomic E-state index is 13.7. The molecule has 2 aromatic rings. The van der Waals surface area contributed by atoms with E-state index < -0.39 is 5.97 Å². The monoisotopic (exact) mass is 372 g/mol. The van der Waals surface area contributed by atoms with Crippen LogP contribution >= 0.6 is 27.7 Å². The van der Waals surface area contributed by atoms with Crippen LogP contribution < -0.4 is 0 Å². The first-order chi connectivity index (χ1) is 10.0. The topological polar surface area (TPSA) is 55.1 Å². The predicted molar refractivity (Wildman–Crippen MR) is 83.2 cm³/mol. The second kappa shape index (κ2) is 5.61. The van der Waals surface area contributed by atoms with Crippen molar-refractivity contribution in [2.75, 3.05) is 5.75 Å². The van der Waals surface area contributed by atoms with Crippen molar-refractivity contribution in [3.63, 3.8) is 0 Å². The molecule has 0 amide bonds. The van der Waals surface area contributed by atoms with Crippen molar-refractivity contribution >= 4 is 44.7 Å². The summed E-state index contributed by atoms with van der Waals surface area (Å²) in [6, 6.07) is 3.46. The van der Waals surface area contributed by atoms with Gasteiger partial charge in [-0.1, -0.05) is 25.1 Å². The zero-order chi connectivity index (χ0) is 15.1. The Balaban J connectivity index is 2.07. The van der Waals surface area contributed by atoms with Crippen molar-refractivity contribution in [1.82, 2.24) is 9.55 Å². The van der Waals surface area contributed by atoms with Gasteiger partial charge >= 0.3 is 5.97 Å². The molecule has 1 aliphatic rings. The number of thioether (sulfide) groups is 1. The molecule has 21 heavy (non-hydrogen) atoms. The third-order valence-corrected chi connectivity index (χ3v) is 5.31. The lowest BCUT2D eigenvalue weighted by Gasteiger charge is -2.08. The molecule has 4 nitrogen and oxygen atoms in total. The van der Waals surface area contributed by atoms with Gasteiger partial charge in [0, 0.05) is 12.1 Å². The fraction of sp³-hybridized carbons (Fsp3) is 0.429. The molecule has 112 valence electrons. The normalized spacial score (nSPS) is 20.9. The summed E-state index contributed by atoms with van der Waals surface area (Å²) in [6.07, 6.45) is 2.15. The molecule has 1 N–H and O–H groups in total. The number of hydrogen-bond acceptors (Lipinski definition) is 3. The molecule has 2 unspecified atom stereocenters. The van der Waals surface area contributed by atoms with Gasteiger partial charge in [0.15, 0.2) is 5.16 Å². The molecule has 2 atom stereocenters. The van der Waals surface area contributed by atoms with Crippen molar-refractivity contribution in [3.8, 4) is 0 Å². The summed E-state index contributed by atoms with van der Waals surface area (Å²) in [5.41, 5.74) is 1.43. The average Bonchev–Trinajstić information content (AvgIpc) is 3.13. The first kappa shape index (κ1) is 14.8.